The lowest BCUT2D eigenvalue weighted by Gasteiger charge is -2.19. The minimum absolute atomic E-state index is 0.0382. The number of hydrogen-bond acceptors (Lipinski definition) is 3. The van der Waals surface area contributed by atoms with Crippen molar-refractivity contribution in [3.8, 4) is 0 Å². The van der Waals surface area contributed by atoms with Gasteiger partial charge in [-0.05, 0) is 30.5 Å². The highest BCUT2D eigenvalue weighted by molar-refractivity contribution is 6.09. The number of carbonyl (C=O) groups excluding carboxylic acids is 2. The predicted molar refractivity (Wildman–Crippen MR) is 66.3 cm³/mol. The summed E-state index contributed by atoms with van der Waals surface area (Å²) in [6, 6.07) is 7.83. The van der Waals surface area contributed by atoms with E-state index in [1.807, 2.05) is 31.2 Å². The monoisotopic (exact) mass is 244 g/mol. The molecule has 1 saturated heterocycles. The quantitative estimate of drug-likeness (QED) is 0.795. The number of imide groups is 1. The molecule has 2 unspecified atom stereocenters. The van der Waals surface area contributed by atoms with Gasteiger partial charge in [0.2, 0.25) is 11.8 Å². The zero-order valence-corrected chi connectivity index (χ0v) is 10.3. The molecule has 2 aliphatic rings. The summed E-state index contributed by atoms with van der Waals surface area (Å²) < 4.78 is 0. The van der Waals surface area contributed by atoms with Gasteiger partial charge in [0.25, 0.3) is 0 Å². The van der Waals surface area contributed by atoms with Crippen LogP contribution in [0.2, 0.25) is 0 Å². The Labute approximate surface area is 106 Å². The normalized spacial score (nSPS) is 29.7. The third kappa shape index (κ3) is 1.49. The first-order chi connectivity index (χ1) is 8.65. The van der Waals surface area contributed by atoms with E-state index in [4.69, 9.17) is 5.73 Å². The second-order valence-electron chi connectivity index (χ2n) is 5.14. The lowest BCUT2D eigenvalue weighted by atomic mass is 10.1. The number of nitrogens with two attached hydrogens (primary N) is 1. The van der Waals surface area contributed by atoms with Crippen LogP contribution in [-0.2, 0) is 16.1 Å². The van der Waals surface area contributed by atoms with Crippen molar-refractivity contribution in [2.75, 3.05) is 6.54 Å². The summed E-state index contributed by atoms with van der Waals surface area (Å²) >= 11 is 0. The predicted octanol–water partition coefficient (Wildman–Crippen LogP) is 0.685. The zero-order chi connectivity index (χ0) is 12.9. The number of amides is 2. The fourth-order valence-corrected chi connectivity index (χ4v) is 2.92. The average Bonchev–Trinajstić information content (AvgIpc) is 3.04. The number of aryl methyl sites for hydroxylation is 1. The number of nitrogens with zero attached hydrogens (tertiary/aromatic N) is 1. The van der Waals surface area contributed by atoms with Gasteiger partial charge in [0.15, 0.2) is 0 Å². The SMILES string of the molecule is Cc1ccccc1CN1C(=O)C2C(CN)C2C1=O. The fourth-order valence-electron chi connectivity index (χ4n) is 2.92. The molecule has 2 fully saturated rings. The molecular formula is C14H16N2O2. The van der Waals surface area contributed by atoms with Crippen LogP contribution in [0.15, 0.2) is 24.3 Å². The number of rotatable bonds is 3. The lowest BCUT2D eigenvalue weighted by Crippen LogP contribution is -2.35. The van der Waals surface area contributed by atoms with Gasteiger partial charge in [-0.25, -0.2) is 0 Å². The van der Waals surface area contributed by atoms with Crippen molar-refractivity contribution in [3.63, 3.8) is 0 Å². The Hall–Kier alpha value is -1.68. The molecule has 1 aliphatic carbocycles. The summed E-state index contributed by atoms with van der Waals surface area (Å²) in [7, 11) is 0. The largest absolute Gasteiger partial charge is 0.330 e. The highest BCUT2D eigenvalue weighted by atomic mass is 16.2. The molecule has 1 aromatic carbocycles. The Balaban J connectivity index is 1.79. The Morgan fingerprint density at radius 1 is 1.17 bits per heavy atom. The minimum atomic E-state index is -0.133. The second-order valence-corrected chi connectivity index (χ2v) is 5.14. The number of carbonyl (C=O) groups is 2. The van der Waals surface area contributed by atoms with Crippen molar-refractivity contribution in [1.82, 2.24) is 4.90 Å². The van der Waals surface area contributed by atoms with Gasteiger partial charge in [0.05, 0.1) is 18.4 Å². The molecule has 4 nitrogen and oxygen atoms in total. The maximum atomic E-state index is 12.1. The van der Waals surface area contributed by atoms with Crippen LogP contribution < -0.4 is 5.73 Å². The van der Waals surface area contributed by atoms with Crippen molar-refractivity contribution < 1.29 is 9.59 Å². The van der Waals surface area contributed by atoms with Crippen molar-refractivity contribution in [2.24, 2.45) is 23.5 Å². The Bertz CT molecular complexity index is 504. The van der Waals surface area contributed by atoms with E-state index in [1.165, 1.54) is 4.90 Å². The van der Waals surface area contributed by atoms with Gasteiger partial charge in [-0.2, -0.15) is 0 Å². The van der Waals surface area contributed by atoms with Gasteiger partial charge in [0, 0.05) is 0 Å². The second kappa shape index (κ2) is 3.92. The first kappa shape index (κ1) is 11.4. The Kier molecular flexibility index (Phi) is 2.48. The van der Waals surface area contributed by atoms with E-state index in [2.05, 4.69) is 0 Å². The van der Waals surface area contributed by atoms with E-state index < -0.39 is 0 Å². The summed E-state index contributed by atoms with van der Waals surface area (Å²) in [5.74, 6) is -0.247. The number of hydrogen-bond donors (Lipinski definition) is 1. The van der Waals surface area contributed by atoms with Crippen LogP contribution in [0, 0.1) is 24.7 Å². The number of benzene rings is 1. The fraction of sp³-hybridized carbons (Fsp3) is 0.429. The molecule has 2 N–H and O–H groups in total. The molecule has 1 heterocycles. The molecule has 18 heavy (non-hydrogen) atoms. The van der Waals surface area contributed by atoms with E-state index in [1.54, 1.807) is 0 Å². The third-order valence-corrected chi connectivity index (χ3v) is 4.13. The van der Waals surface area contributed by atoms with Crippen LogP contribution in [0.5, 0.6) is 0 Å². The highest BCUT2D eigenvalue weighted by Gasteiger charge is 2.66. The highest BCUT2D eigenvalue weighted by Crippen LogP contribution is 2.52. The maximum absolute atomic E-state index is 12.1. The van der Waals surface area contributed by atoms with E-state index in [-0.39, 0.29) is 29.6 Å². The van der Waals surface area contributed by atoms with Crippen molar-refractivity contribution in [3.05, 3.63) is 35.4 Å². The Morgan fingerprint density at radius 2 is 1.78 bits per heavy atom. The molecule has 4 heteroatoms. The van der Waals surface area contributed by atoms with E-state index in [0.717, 1.165) is 11.1 Å². The third-order valence-electron chi connectivity index (χ3n) is 4.13. The molecule has 94 valence electrons. The number of likely N-dealkylation sites (tertiary alicyclic amines) is 1. The van der Waals surface area contributed by atoms with Gasteiger partial charge in [-0.1, -0.05) is 24.3 Å². The molecule has 1 aliphatic heterocycles. The summed E-state index contributed by atoms with van der Waals surface area (Å²) in [5, 5.41) is 0. The molecule has 1 saturated carbocycles. The summed E-state index contributed by atoms with van der Waals surface area (Å²) in [5.41, 5.74) is 7.69. The lowest BCUT2D eigenvalue weighted by molar-refractivity contribution is -0.142. The van der Waals surface area contributed by atoms with Crippen molar-refractivity contribution in [1.29, 1.82) is 0 Å². The molecular weight excluding hydrogens is 228 g/mol. The Morgan fingerprint density at radius 3 is 2.33 bits per heavy atom. The molecule has 2 atom stereocenters. The molecule has 0 aromatic heterocycles. The molecule has 0 radical (unpaired) electrons. The first-order valence-electron chi connectivity index (χ1n) is 6.25. The smallest absolute Gasteiger partial charge is 0.233 e. The van der Waals surface area contributed by atoms with Crippen LogP contribution in [0.4, 0.5) is 0 Å². The van der Waals surface area contributed by atoms with Gasteiger partial charge < -0.3 is 5.73 Å². The number of fused-ring (bicyclic) bond motifs is 1. The zero-order valence-electron chi connectivity index (χ0n) is 10.3. The summed E-state index contributed by atoms with van der Waals surface area (Å²) in [4.78, 5) is 25.6. The van der Waals surface area contributed by atoms with Crippen molar-refractivity contribution in [2.45, 2.75) is 13.5 Å². The van der Waals surface area contributed by atoms with Crippen LogP contribution >= 0.6 is 0 Å². The molecule has 3 rings (SSSR count). The average molecular weight is 244 g/mol. The van der Waals surface area contributed by atoms with Gasteiger partial charge >= 0.3 is 0 Å². The van der Waals surface area contributed by atoms with Crippen molar-refractivity contribution >= 4 is 11.8 Å². The van der Waals surface area contributed by atoms with Crippen LogP contribution in [0.3, 0.4) is 0 Å². The van der Waals surface area contributed by atoms with Crippen LogP contribution in [0.1, 0.15) is 11.1 Å². The van der Waals surface area contributed by atoms with Gasteiger partial charge in [-0.15, -0.1) is 0 Å². The van der Waals surface area contributed by atoms with Gasteiger partial charge in [-0.3, -0.25) is 14.5 Å². The van der Waals surface area contributed by atoms with Crippen LogP contribution in [-0.4, -0.2) is 23.3 Å². The molecule has 2 amide bonds. The summed E-state index contributed by atoms with van der Waals surface area (Å²) in [6.07, 6.45) is 0. The van der Waals surface area contributed by atoms with E-state index >= 15 is 0 Å². The first-order valence-corrected chi connectivity index (χ1v) is 6.25. The van der Waals surface area contributed by atoms with E-state index in [9.17, 15) is 9.59 Å². The standard InChI is InChI=1S/C14H16N2O2/c1-8-4-2-3-5-9(8)7-16-13(17)11-10(6-15)12(11)14(16)18/h2-5,10-12H,6-7,15H2,1H3. The van der Waals surface area contributed by atoms with Crippen LogP contribution in [0.25, 0.3) is 0 Å². The number of piperidine rings is 1. The maximum Gasteiger partial charge on any atom is 0.233 e. The molecule has 0 bridgehead atoms. The topological polar surface area (TPSA) is 63.4 Å². The summed E-state index contributed by atoms with van der Waals surface area (Å²) in [6.45, 7) is 2.82. The van der Waals surface area contributed by atoms with Gasteiger partial charge in [0.1, 0.15) is 0 Å². The minimum Gasteiger partial charge on any atom is -0.330 e. The molecule has 0 spiro atoms. The van der Waals surface area contributed by atoms with E-state index in [0.29, 0.717) is 13.1 Å². The molecule has 1 aromatic rings.